The van der Waals surface area contributed by atoms with Gasteiger partial charge in [0.25, 0.3) is 0 Å². The van der Waals surface area contributed by atoms with Crippen LogP contribution in [-0.4, -0.2) is 21.0 Å². The predicted octanol–water partition coefficient (Wildman–Crippen LogP) is 3.80. The van der Waals surface area contributed by atoms with E-state index in [0.717, 1.165) is 23.5 Å². The molecular weight excluding hydrogens is 296 g/mol. The van der Waals surface area contributed by atoms with Crippen molar-refractivity contribution in [2.24, 2.45) is 0 Å². The van der Waals surface area contributed by atoms with Crippen LogP contribution in [0.5, 0.6) is 0 Å². The van der Waals surface area contributed by atoms with Crippen molar-refractivity contribution in [3.8, 4) is 11.3 Å². The minimum absolute atomic E-state index is 0.413. The van der Waals surface area contributed by atoms with Gasteiger partial charge in [0.2, 0.25) is 0 Å². The first-order valence-electron chi connectivity index (χ1n) is 8.40. The standard InChI is InChI=1S/C20H24N4/c1-15(2)21-13-19-20(18-10-5-4-6-11-18)23-24(22-19)14-17-9-7-8-16(3)12-17/h4-12,15,21H,13-14H2,1-3H3. The zero-order chi connectivity index (χ0) is 16.9. The van der Waals surface area contributed by atoms with E-state index in [1.54, 1.807) is 4.80 Å². The van der Waals surface area contributed by atoms with Gasteiger partial charge < -0.3 is 5.32 Å². The van der Waals surface area contributed by atoms with Crippen molar-refractivity contribution in [2.45, 2.75) is 39.9 Å². The molecule has 0 unspecified atom stereocenters. The SMILES string of the molecule is Cc1cccc(Cn2nc(CNC(C)C)c(-c3ccccc3)n2)c1. The Morgan fingerprint density at radius 2 is 1.79 bits per heavy atom. The Morgan fingerprint density at radius 1 is 1.00 bits per heavy atom. The molecule has 0 radical (unpaired) electrons. The Kier molecular flexibility index (Phi) is 5.06. The smallest absolute Gasteiger partial charge is 0.117 e. The first-order chi connectivity index (χ1) is 11.6. The summed E-state index contributed by atoms with van der Waals surface area (Å²) in [6, 6.07) is 19.1. The highest BCUT2D eigenvalue weighted by Crippen LogP contribution is 2.20. The number of aromatic nitrogens is 3. The van der Waals surface area contributed by atoms with Crippen LogP contribution in [0.2, 0.25) is 0 Å². The van der Waals surface area contributed by atoms with Gasteiger partial charge in [0.05, 0.1) is 6.54 Å². The lowest BCUT2D eigenvalue weighted by Gasteiger charge is -2.06. The molecule has 24 heavy (non-hydrogen) atoms. The van der Waals surface area contributed by atoms with E-state index in [9.17, 15) is 0 Å². The lowest BCUT2D eigenvalue weighted by atomic mass is 10.1. The minimum Gasteiger partial charge on any atom is -0.309 e. The van der Waals surface area contributed by atoms with Gasteiger partial charge in [-0.15, -0.1) is 0 Å². The second-order valence-corrected chi connectivity index (χ2v) is 6.42. The van der Waals surface area contributed by atoms with Crippen LogP contribution in [-0.2, 0) is 13.1 Å². The van der Waals surface area contributed by atoms with E-state index >= 15 is 0 Å². The molecule has 1 N–H and O–H groups in total. The molecule has 0 spiro atoms. The number of aryl methyl sites for hydroxylation is 1. The lowest BCUT2D eigenvalue weighted by Crippen LogP contribution is -2.22. The van der Waals surface area contributed by atoms with Crippen molar-refractivity contribution in [1.82, 2.24) is 20.3 Å². The molecule has 0 bridgehead atoms. The fraction of sp³-hybridized carbons (Fsp3) is 0.300. The van der Waals surface area contributed by atoms with Crippen LogP contribution >= 0.6 is 0 Å². The van der Waals surface area contributed by atoms with Gasteiger partial charge in [-0.1, -0.05) is 74.0 Å². The number of nitrogens with one attached hydrogen (secondary N) is 1. The van der Waals surface area contributed by atoms with Gasteiger partial charge in [-0.25, -0.2) is 0 Å². The van der Waals surface area contributed by atoms with Crippen LogP contribution in [0.25, 0.3) is 11.3 Å². The summed E-state index contributed by atoms with van der Waals surface area (Å²) in [5.74, 6) is 0. The van der Waals surface area contributed by atoms with Crippen molar-refractivity contribution in [2.75, 3.05) is 0 Å². The number of nitrogens with zero attached hydrogens (tertiary/aromatic N) is 3. The Bertz CT molecular complexity index is 790. The molecule has 3 rings (SSSR count). The van der Waals surface area contributed by atoms with E-state index in [-0.39, 0.29) is 0 Å². The summed E-state index contributed by atoms with van der Waals surface area (Å²) < 4.78 is 0. The Morgan fingerprint density at radius 3 is 2.50 bits per heavy atom. The number of benzene rings is 2. The third-order valence-corrected chi connectivity index (χ3v) is 3.86. The maximum absolute atomic E-state index is 4.75. The normalized spacial score (nSPS) is 11.2. The first-order valence-corrected chi connectivity index (χ1v) is 8.40. The summed E-state index contributed by atoms with van der Waals surface area (Å²) in [6.07, 6.45) is 0. The second-order valence-electron chi connectivity index (χ2n) is 6.42. The molecule has 3 aromatic rings. The number of hydrogen-bond acceptors (Lipinski definition) is 3. The molecule has 2 aromatic carbocycles. The molecule has 4 nitrogen and oxygen atoms in total. The van der Waals surface area contributed by atoms with Crippen LogP contribution < -0.4 is 5.32 Å². The summed E-state index contributed by atoms with van der Waals surface area (Å²) in [7, 11) is 0. The van der Waals surface area contributed by atoms with Crippen molar-refractivity contribution in [3.05, 3.63) is 71.4 Å². The van der Waals surface area contributed by atoms with Crippen LogP contribution in [0, 0.1) is 6.92 Å². The predicted molar refractivity (Wildman–Crippen MR) is 97.7 cm³/mol. The van der Waals surface area contributed by atoms with Crippen molar-refractivity contribution < 1.29 is 0 Å². The molecule has 4 heteroatoms. The van der Waals surface area contributed by atoms with Gasteiger partial charge in [-0.3, -0.25) is 0 Å². The number of rotatable bonds is 6. The lowest BCUT2D eigenvalue weighted by molar-refractivity contribution is 0.554. The quantitative estimate of drug-likeness (QED) is 0.751. The zero-order valence-corrected chi connectivity index (χ0v) is 14.5. The van der Waals surface area contributed by atoms with E-state index in [1.807, 2.05) is 18.2 Å². The van der Waals surface area contributed by atoms with Crippen LogP contribution in [0.15, 0.2) is 54.6 Å². The van der Waals surface area contributed by atoms with E-state index < -0.39 is 0 Å². The van der Waals surface area contributed by atoms with Crippen LogP contribution in [0.3, 0.4) is 0 Å². The van der Waals surface area contributed by atoms with Gasteiger partial charge in [-0.05, 0) is 12.5 Å². The summed E-state index contributed by atoms with van der Waals surface area (Å²) in [6.45, 7) is 7.78. The molecule has 0 atom stereocenters. The van der Waals surface area contributed by atoms with Crippen LogP contribution in [0.1, 0.15) is 30.7 Å². The molecule has 1 aromatic heterocycles. The maximum atomic E-state index is 4.75. The molecule has 0 saturated carbocycles. The Labute approximate surface area is 143 Å². The van der Waals surface area contributed by atoms with E-state index in [1.165, 1.54) is 11.1 Å². The summed E-state index contributed by atoms with van der Waals surface area (Å²) in [4.78, 5) is 1.80. The summed E-state index contributed by atoms with van der Waals surface area (Å²) in [5.41, 5.74) is 5.52. The topological polar surface area (TPSA) is 42.7 Å². The summed E-state index contributed by atoms with van der Waals surface area (Å²) in [5, 5.41) is 12.9. The van der Waals surface area contributed by atoms with Gasteiger partial charge >= 0.3 is 0 Å². The highest BCUT2D eigenvalue weighted by molar-refractivity contribution is 5.60. The molecule has 0 amide bonds. The number of hydrogen-bond donors (Lipinski definition) is 1. The van der Waals surface area contributed by atoms with E-state index in [2.05, 4.69) is 62.5 Å². The maximum Gasteiger partial charge on any atom is 0.117 e. The van der Waals surface area contributed by atoms with Crippen molar-refractivity contribution in [3.63, 3.8) is 0 Å². The van der Waals surface area contributed by atoms with Crippen LogP contribution in [0.4, 0.5) is 0 Å². The zero-order valence-electron chi connectivity index (χ0n) is 14.5. The minimum atomic E-state index is 0.413. The Balaban J connectivity index is 1.90. The Hall–Kier alpha value is -2.46. The average Bonchev–Trinajstić information content (AvgIpc) is 2.96. The van der Waals surface area contributed by atoms with Gasteiger partial charge in [-0.2, -0.15) is 15.0 Å². The molecule has 1 heterocycles. The monoisotopic (exact) mass is 320 g/mol. The highest BCUT2D eigenvalue weighted by Gasteiger charge is 2.13. The third-order valence-electron chi connectivity index (χ3n) is 3.86. The van der Waals surface area contributed by atoms with Gasteiger partial charge in [0, 0.05) is 18.2 Å². The van der Waals surface area contributed by atoms with Crippen molar-refractivity contribution >= 4 is 0 Å². The first kappa shape index (κ1) is 16.4. The second kappa shape index (κ2) is 7.41. The highest BCUT2D eigenvalue weighted by atomic mass is 15.5. The van der Waals surface area contributed by atoms with E-state index in [4.69, 9.17) is 10.2 Å². The fourth-order valence-electron chi connectivity index (χ4n) is 2.67. The molecule has 0 aliphatic carbocycles. The van der Waals surface area contributed by atoms with Gasteiger partial charge in [0.1, 0.15) is 11.4 Å². The van der Waals surface area contributed by atoms with E-state index in [0.29, 0.717) is 12.6 Å². The molecule has 0 fully saturated rings. The fourth-order valence-corrected chi connectivity index (χ4v) is 2.67. The molecule has 0 aliphatic heterocycles. The molecule has 0 saturated heterocycles. The summed E-state index contributed by atoms with van der Waals surface area (Å²) >= 11 is 0. The third kappa shape index (κ3) is 4.09. The van der Waals surface area contributed by atoms with Gasteiger partial charge in [0.15, 0.2) is 0 Å². The molecular formula is C20H24N4. The largest absolute Gasteiger partial charge is 0.309 e. The molecule has 124 valence electrons. The van der Waals surface area contributed by atoms with Crippen molar-refractivity contribution in [1.29, 1.82) is 0 Å². The average molecular weight is 320 g/mol. The molecule has 0 aliphatic rings.